The normalized spacial score (nSPS) is 45.3. The Bertz CT molecular complexity index is 142. The predicted molar refractivity (Wildman–Crippen MR) is 40.8 cm³/mol. The van der Waals surface area contributed by atoms with Gasteiger partial charge in [0.2, 0.25) is 0 Å². The van der Waals surface area contributed by atoms with Gasteiger partial charge in [0.05, 0.1) is 0 Å². The van der Waals surface area contributed by atoms with Gasteiger partial charge in [0.15, 0.2) is 0 Å². The highest BCUT2D eigenvalue weighted by molar-refractivity contribution is 5.05. The molecule has 2 rings (SSSR count). The van der Waals surface area contributed by atoms with E-state index in [9.17, 15) is 0 Å². The fourth-order valence-corrected chi connectivity index (χ4v) is 2.41. The molecule has 2 atom stereocenters. The summed E-state index contributed by atoms with van der Waals surface area (Å²) in [6.07, 6.45) is 2.75. The molecule has 0 aromatic rings. The Morgan fingerprint density at radius 1 is 1.50 bits per heavy atom. The molecule has 0 amide bonds. The van der Waals surface area contributed by atoms with Gasteiger partial charge in [-0.15, -0.1) is 0 Å². The van der Waals surface area contributed by atoms with Gasteiger partial charge in [-0.2, -0.15) is 0 Å². The molecule has 0 radical (unpaired) electrons. The van der Waals surface area contributed by atoms with Gasteiger partial charge >= 0.3 is 0 Å². The average molecular weight is 140 g/mol. The summed E-state index contributed by atoms with van der Waals surface area (Å²) in [5, 5.41) is 0. The van der Waals surface area contributed by atoms with Crippen molar-refractivity contribution in [3.8, 4) is 0 Å². The molecule has 0 bridgehead atoms. The first-order valence-electron chi connectivity index (χ1n) is 4.33. The summed E-state index contributed by atoms with van der Waals surface area (Å²) in [6, 6.07) is 0. The molecule has 1 saturated carbocycles. The monoisotopic (exact) mass is 140 g/mol. The van der Waals surface area contributed by atoms with Crippen molar-refractivity contribution in [2.24, 2.45) is 17.3 Å². The molecule has 0 spiro atoms. The van der Waals surface area contributed by atoms with Crippen LogP contribution in [0, 0.1) is 17.3 Å². The standard InChI is InChI=1S/C9H16O/c1-7(2)9-3-4-10-6-8(9)5-9/h7-8H,3-6H2,1-2H3/t8?,9-/m0/s1. The van der Waals surface area contributed by atoms with Crippen LogP contribution >= 0.6 is 0 Å². The fraction of sp³-hybridized carbons (Fsp3) is 1.00. The second-order valence-electron chi connectivity index (χ2n) is 4.11. The van der Waals surface area contributed by atoms with Gasteiger partial charge in [0.25, 0.3) is 0 Å². The second kappa shape index (κ2) is 1.97. The lowest BCUT2D eigenvalue weighted by molar-refractivity contribution is 0.0463. The SMILES string of the molecule is CC(C)[C@@]12CCOCC1C2. The van der Waals surface area contributed by atoms with Crippen LogP contribution in [-0.2, 0) is 4.74 Å². The number of hydrogen-bond donors (Lipinski definition) is 0. The summed E-state index contributed by atoms with van der Waals surface area (Å²) in [4.78, 5) is 0. The van der Waals surface area contributed by atoms with E-state index in [0.717, 1.165) is 30.5 Å². The Labute approximate surface area is 62.8 Å². The van der Waals surface area contributed by atoms with Crippen LogP contribution in [0.1, 0.15) is 26.7 Å². The van der Waals surface area contributed by atoms with Crippen molar-refractivity contribution in [2.45, 2.75) is 26.7 Å². The first-order valence-corrected chi connectivity index (χ1v) is 4.33. The Morgan fingerprint density at radius 2 is 2.30 bits per heavy atom. The van der Waals surface area contributed by atoms with Crippen molar-refractivity contribution in [3.63, 3.8) is 0 Å². The van der Waals surface area contributed by atoms with Crippen molar-refractivity contribution in [2.75, 3.05) is 13.2 Å². The van der Waals surface area contributed by atoms with E-state index in [1.54, 1.807) is 0 Å². The van der Waals surface area contributed by atoms with Crippen LogP contribution in [0.4, 0.5) is 0 Å². The van der Waals surface area contributed by atoms with Gasteiger partial charge < -0.3 is 4.74 Å². The summed E-state index contributed by atoms with van der Waals surface area (Å²) in [5.41, 5.74) is 0.720. The predicted octanol–water partition coefficient (Wildman–Crippen LogP) is 2.07. The quantitative estimate of drug-likeness (QED) is 0.541. The summed E-state index contributed by atoms with van der Waals surface area (Å²) < 4.78 is 5.40. The summed E-state index contributed by atoms with van der Waals surface area (Å²) in [7, 11) is 0. The Balaban J connectivity index is 2.05. The van der Waals surface area contributed by atoms with Crippen LogP contribution < -0.4 is 0 Å². The maximum Gasteiger partial charge on any atom is 0.0499 e. The lowest BCUT2D eigenvalue weighted by atomic mass is 9.86. The van der Waals surface area contributed by atoms with Crippen LogP contribution in [-0.4, -0.2) is 13.2 Å². The fourth-order valence-electron chi connectivity index (χ4n) is 2.41. The zero-order valence-electron chi connectivity index (χ0n) is 6.89. The molecule has 0 aromatic carbocycles. The zero-order valence-corrected chi connectivity index (χ0v) is 6.89. The first kappa shape index (κ1) is 6.66. The van der Waals surface area contributed by atoms with E-state index in [1.165, 1.54) is 12.8 Å². The Morgan fingerprint density at radius 3 is 2.80 bits per heavy atom. The molecule has 1 aliphatic carbocycles. The molecule has 0 aromatic heterocycles. The van der Waals surface area contributed by atoms with Crippen molar-refractivity contribution in [1.29, 1.82) is 0 Å². The number of fused-ring (bicyclic) bond motifs is 1. The first-order chi connectivity index (χ1) is 4.76. The topological polar surface area (TPSA) is 9.23 Å². The maximum absolute atomic E-state index is 5.40. The minimum absolute atomic E-state index is 0.720. The van der Waals surface area contributed by atoms with Gasteiger partial charge in [0, 0.05) is 13.2 Å². The highest BCUT2D eigenvalue weighted by atomic mass is 16.5. The van der Waals surface area contributed by atoms with Gasteiger partial charge in [-0.3, -0.25) is 0 Å². The second-order valence-corrected chi connectivity index (χ2v) is 4.11. The van der Waals surface area contributed by atoms with E-state index in [1.807, 2.05) is 0 Å². The van der Waals surface area contributed by atoms with Gasteiger partial charge in [0.1, 0.15) is 0 Å². The molecule has 1 aliphatic heterocycles. The van der Waals surface area contributed by atoms with E-state index >= 15 is 0 Å². The highest BCUT2D eigenvalue weighted by Gasteiger charge is 2.56. The van der Waals surface area contributed by atoms with E-state index in [2.05, 4.69) is 13.8 Å². The zero-order chi connectivity index (χ0) is 7.19. The van der Waals surface area contributed by atoms with Crippen LogP contribution in [0.5, 0.6) is 0 Å². The van der Waals surface area contributed by atoms with E-state index in [0.29, 0.717) is 0 Å². The number of rotatable bonds is 1. The summed E-state index contributed by atoms with van der Waals surface area (Å²) >= 11 is 0. The third-order valence-corrected chi connectivity index (χ3v) is 3.46. The lowest BCUT2D eigenvalue weighted by Gasteiger charge is -2.25. The van der Waals surface area contributed by atoms with Crippen LogP contribution in [0.25, 0.3) is 0 Å². The molecule has 1 unspecified atom stereocenters. The molecule has 2 aliphatic rings. The molecule has 2 fully saturated rings. The molecular weight excluding hydrogens is 124 g/mol. The molecule has 58 valence electrons. The number of ether oxygens (including phenoxy) is 1. The minimum Gasteiger partial charge on any atom is -0.381 e. The van der Waals surface area contributed by atoms with Crippen molar-refractivity contribution in [1.82, 2.24) is 0 Å². The molecule has 1 heterocycles. The lowest BCUT2D eigenvalue weighted by Crippen LogP contribution is -2.22. The Hall–Kier alpha value is -0.0400. The molecule has 1 nitrogen and oxygen atoms in total. The van der Waals surface area contributed by atoms with Gasteiger partial charge in [-0.1, -0.05) is 13.8 Å². The van der Waals surface area contributed by atoms with Crippen molar-refractivity contribution < 1.29 is 4.74 Å². The third-order valence-electron chi connectivity index (χ3n) is 3.46. The molecule has 10 heavy (non-hydrogen) atoms. The van der Waals surface area contributed by atoms with Crippen molar-refractivity contribution in [3.05, 3.63) is 0 Å². The molecule has 1 heteroatoms. The Kier molecular flexibility index (Phi) is 1.31. The maximum atomic E-state index is 5.40. The van der Waals surface area contributed by atoms with Crippen LogP contribution in [0.15, 0.2) is 0 Å². The average Bonchev–Trinajstić information content (AvgIpc) is 2.61. The summed E-state index contributed by atoms with van der Waals surface area (Å²) in [5.74, 6) is 1.79. The smallest absolute Gasteiger partial charge is 0.0499 e. The number of hydrogen-bond acceptors (Lipinski definition) is 1. The van der Waals surface area contributed by atoms with Crippen LogP contribution in [0.2, 0.25) is 0 Å². The van der Waals surface area contributed by atoms with E-state index in [4.69, 9.17) is 4.74 Å². The highest BCUT2D eigenvalue weighted by Crippen LogP contribution is 2.61. The summed E-state index contributed by atoms with van der Waals surface area (Å²) in [6.45, 7) is 6.75. The van der Waals surface area contributed by atoms with Crippen molar-refractivity contribution >= 4 is 0 Å². The van der Waals surface area contributed by atoms with E-state index in [-0.39, 0.29) is 0 Å². The molecule has 0 N–H and O–H groups in total. The van der Waals surface area contributed by atoms with Gasteiger partial charge in [-0.05, 0) is 30.1 Å². The largest absolute Gasteiger partial charge is 0.381 e. The van der Waals surface area contributed by atoms with Gasteiger partial charge in [-0.25, -0.2) is 0 Å². The molecular formula is C9H16O. The van der Waals surface area contributed by atoms with E-state index < -0.39 is 0 Å². The third kappa shape index (κ3) is 0.731. The minimum atomic E-state index is 0.720. The molecule has 1 saturated heterocycles. The van der Waals surface area contributed by atoms with Crippen LogP contribution in [0.3, 0.4) is 0 Å².